The fraction of sp³-hybridized carbons (Fsp3) is 0.615. The van der Waals surface area contributed by atoms with E-state index < -0.39 is 0 Å². The third kappa shape index (κ3) is 3.68. The molecule has 1 saturated heterocycles. The van der Waals surface area contributed by atoms with E-state index in [2.05, 4.69) is 22.2 Å². The summed E-state index contributed by atoms with van der Waals surface area (Å²) in [4.78, 5) is 6.63. The largest absolute Gasteiger partial charge is 0.490 e. The molecule has 2 rings (SSSR count). The second kappa shape index (κ2) is 5.98. The first kappa shape index (κ1) is 12.3. The Morgan fingerprint density at radius 1 is 1.47 bits per heavy atom. The van der Waals surface area contributed by atoms with Gasteiger partial charge in [-0.1, -0.05) is 0 Å². The number of aromatic nitrogens is 1. The molecule has 0 bridgehead atoms. The lowest BCUT2D eigenvalue weighted by molar-refractivity contribution is 0.114. The fourth-order valence-electron chi connectivity index (χ4n) is 2.10. The van der Waals surface area contributed by atoms with Gasteiger partial charge in [0.1, 0.15) is 11.9 Å². The molecule has 1 aliphatic rings. The van der Waals surface area contributed by atoms with E-state index in [1.165, 1.54) is 0 Å². The van der Waals surface area contributed by atoms with Gasteiger partial charge in [-0.3, -0.25) is 4.98 Å². The molecule has 0 amide bonds. The summed E-state index contributed by atoms with van der Waals surface area (Å²) < 4.78 is 6.00. The quantitative estimate of drug-likeness (QED) is 0.853. The van der Waals surface area contributed by atoms with E-state index in [4.69, 9.17) is 4.74 Å². The minimum absolute atomic E-state index is 0.357. The van der Waals surface area contributed by atoms with Crippen molar-refractivity contribution in [3.05, 3.63) is 24.0 Å². The summed E-state index contributed by atoms with van der Waals surface area (Å²) in [7, 11) is 4.08. The van der Waals surface area contributed by atoms with Crippen molar-refractivity contribution in [3.63, 3.8) is 0 Å². The maximum atomic E-state index is 6.00. The van der Waals surface area contributed by atoms with E-state index in [0.29, 0.717) is 6.10 Å². The number of rotatable bonds is 4. The lowest BCUT2D eigenvalue weighted by Gasteiger charge is -2.29. The molecule has 1 aromatic heterocycles. The molecule has 1 fully saturated rings. The molecule has 1 aromatic rings. The molecular weight excluding hydrogens is 214 g/mol. The van der Waals surface area contributed by atoms with Crippen molar-refractivity contribution < 1.29 is 4.74 Å². The van der Waals surface area contributed by atoms with Crippen LogP contribution in [0, 0.1) is 0 Å². The van der Waals surface area contributed by atoms with Gasteiger partial charge >= 0.3 is 0 Å². The molecule has 1 N–H and O–H groups in total. The number of hydrogen-bond acceptors (Lipinski definition) is 4. The summed E-state index contributed by atoms with van der Waals surface area (Å²) in [6.45, 7) is 3.03. The summed E-state index contributed by atoms with van der Waals surface area (Å²) in [5, 5.41) is 3.10. The normalized spacial score (nSPS) is 18.2. The highest BCUT2D eigenvalue weighted by Gasteiger charge is 2.17. The number of likely N-dealkylation sites (tertiary alicyclic amines) is 1. The number of nitrogens with one attached hydrogen (secondary N) is 1. The number of piperidine rings is 1. The van der Waals surface area contributed by atoms with Crippen molar-refractivity contribution in [2.75, 3.05) is 27.2 Å². The fourth-order valence-corrected chi connectivity index (χ4v) is 2.10. The average molecular weight is 235 g/mol. The predicted octanol–water partition coefficient (Wildman–Crippen LogP) is 1.27. The van der Waals surface area contributed by atoms with Crippen molar-refractivity contribution in [2.45, 2.75) is 25.5 Å². The summed E-state index contributed by atoms with van der Waals surface area (Å²) in [5.74, 6) is 0.944. The van der Waals surface area contributed by atoms with Crippen LogP contribution in [0.25, 0.3) is 0 Å². The number of nitrogens with zero attached hydrogens (tertiary/aromatic N) is 2. The first-order valence-corrected chi connectivity index (χ1v) is 6.22. The Balaban J connectivity index is 1.91. The summed E-state index contributed by atoms with van der Waals surface area (Å²) in [6, 6.07) is 3.96. The monoisotopic (exact) mass is 235 g/mol. The zero-order chi connectivity index (χ0) is 12.1. The van der Waals surface area contributed by atoms with Crippen LogP contribution in [-0.4, -0.2) is 43.2 Å². The van der Waals surface area contributed by atoms with Crippen molar-refractivity contribution >= 4 is 0 Å². The molecule has 4 heteroatoms. The van der Waals surface area contributed by atoms with E-state index in [9.17, 15) is 0 Å². The van der Waals surface area contributed by atoms with Crippen LogP contribution in [0.4, 0.5) is 0 Å². The molecule has 0 aromatic carbocycles. The van der Waals surface area contributed by atoms with Crippen LogP contribution in [-0.2, 0) is 6.54 Å². The molecule has 0 radical (unpaired) electrons. The third-order valence-electron chi connectivity index (χ3n) is 3.11. The molecule has 0 saturated carbocycles. The van der Waals surface area contributed by atoms with Crippen molar-refractivity contribution in [1.82, 2.24) is 15.2 Å². The van der Waals surface area contributed by atoms with Gasteiger partial charge in [0.15, 0.2) is 0 Å². The van der Waals surface area contributed by atoms with Gasteiger partial charge in [-0.15, -0.1) is 0 Å². The molecule has 17 heavy (non-hydrogen) atoms. The summed E-state index contributed by atoms with van der Waals surface area (Å²) >= 11 is 0. The molecule has 94 valence electrons. The Bertz CT molecular complexity index is 348. The predicted molar refractivity (Wildman–Crippen MR) is 68.1 cm³/mol. The lowest BCUT2D eigenvalue weighted by atomic mass is 10.1. The third-order valence-corrected chi connectivity index (χ3v) is 3.11. The smallest absolute Gasteiger partial charge is 0.123 e. The molecule has 2 heterocycles. The average Bonchev–Trinajstić information content (AvgIpc) is 2.33. The first-order valence-electron chi connectivity index (χ1n) is 6.22. The number of ether oxygens (including phenoxy) is 1. The molecule has 0 atom stereocenters. The minimum atomic E-state index is 0.357. The SMILES string of the molecule is CNCc1cc(OC2CCN(C)CC2)ccn1. The zero-order valence-electron chi connectivity index (χ0n) is 10.6. The van der Waals surface area contributed by atoms with Crippen LogP contribution < -0.4 is 10.1 Å². The van der Waals surface area contributed by atoms with Gasteiger partial charge < -0.3 is 15.0 Å². The van der Waals surface area contributed by atoms with Crippen LogP contribution in [0.15, 0.2) is 18.3 Å². The molecule has 0 aliphatic carbocycles. The second-order valence-corrected chi connectivity index (χ2v) is 4.63. The van der Waals surface area contributed by atoms with Crippen LogP contribution in [0.1, 0.15) is 18.5 Å². The summed E-state index contributed by atoms with van der Waals surface area (Å²) in [6.07, 6.45) is 4.40. The highest BCUT2D eigenvalue weighted by molar-refractivity contribution is 5.22. The molecule has 0 spiro atoms. The van der Waals surface area contributed by atoms with Crippen LogP contribution in [0.2, 0.25) is 0 Å². The van der Waals surface area contributed by atoms with Gasteiger partial charge in [-0.05, 0) is 33.0 Å². The Kier molecular flexibility index (Phi) is 4.34. The Hall–Kier alpha value is -1.13. The van der Waals surface area contributed by atoms with Gasteiger partial charge in [0, 0.05) is 31.9 Å². The lowest BCUT2D eigenvalue weighted by Crippen LogP contribution is -2.35. The Morgan fingerprint density at radius 3 is 2.94 bits per heavy atom. The number of pyridine rings is 1. The maximum Gasteiger partial charge on any atom is 0.123 e. The number of hydrogen-bond donors (Lipinski definition) is 1. The Morgan fingerprint density at radius 2 is 2.24 bits per heavy atom. The van der Waals surface area contributed by atoms with Crippen LogP contribution >= 0.6 is 0 Å². The molecule has 0 unspecified atom stereocenters. The molecule has 1 aliphatic heterocycles. The highest BCUT2D eigenvalue weighted by atomic mass is 16.5. The first-order chi connectivity index (χ1) is 8.28. The molecule has 4 nitrogen and oxygen atoms in total. The van der Waals surface area contributed by atoms with E-state index in [1.807, 2.05) is 25.4 Å². The standard InChI is InChI=1S/C13H21N3O/c1-14-10-11-9-13(3-6-15-11)17-12-4-7-16(2)8-5-12/h3,6,9,12,14H,4-5,7-8,10H2,1-2H3. The van der Waals surface area contributed by atoms with Gasteiger partial charge in [0.25, 0.3) is 0 Å². The minimum Gasteiger partial charge on any atom is -0.490 e. The van der Waals surface area contributed by atoms with E-state index in [0.717, 1.165) is 43.9 Å². The van der Waals surface area contributed by atoms with Crippen LogP contribution in [0.3, 0.4) is 0 Å². The topological polar surface area (TPSA) is 37.4 Å². The van der Waals surface area contributed by atoms with Gasteiger partial charge in [0.2, 0.25) is 0 Å². The second-order valence-electron chi connectivity index (χ2n) is 4.63. The molecular formula is C13H21N3O. The van der Waals surface area contributed by atoms with Gasteiger partial charge in [-0.2, -0.15) is 0 Å². The van der Waals surface area contributed by atoms with E-state index >= 15 is 0 Å². The maximum absolute atomic E-state index is 6.00. The van der Waals surface area contributed by atoms with Crippen molar-refractivity contribution in [1.29, 1.82) is 0 Å². The van der Waals surface area contributed by atoms with Crippen molar-refractivity contribution in [2.24, 2.45) is 0 Å². The van der Waals surface area contributed by atoms with Gasteiger partial charge in [0.05, 0.1) is 5.69 Å². The Labute approximate surface area is 103 Å². The van der Waals surface area contributed by atoms with Crippen molar-refractivity contribution in [3.8, 4) is 5.75 Å². The zero-order valence-corrected chi connectivity index (χ0v) is 10.6. The summed E-state index contributed by atoms with van der Waals surface area (Å²) in [5.41, 5.74) is 1.03. The van der Waals surface area contributed by atoms with E-state index in [1.54, 1.807) is 0 Å². The van der Waals surface area contributed by atoms with Gasteiger partial charge in [-0.25, -0.2) is 0 Å². The van der Waals surface area contributed by atoms with E-state index in [-0.39, 0.29) is 0 Å². The highest BCUT2D eigenvalue weighted by Crippen LogP contribution is 2.18. The van der Waals surface area contributed by atoms with Crippen LogP contribution in [0.5, 0.6) is 5.75 Å².